The maximum atomic E-state index is 12.6. The van der Waals surface area contributed by atoms with Gasteiger partial charge in [0.1, 0.15) is 0 Å². The van der Waals surface area contributed by atoms with Crippen LogP contribution in [0.3, 0.4) is 0 Å². The number of carbonyl (C=O) groups excluding carboxylic acids is 1. The molecule has 0 atom stereocenters. The van der Waals surface area contributed by atoms with Crippen LogP contribution in [0.4, 0.5) is 11.4 Å². The summed E-state index contributed by atoms with van der Waals surface area (Å²) in [6.45, 7) is 2.11. The Bertz CT molecular complexity index is 911. The predicted octanol–water partition coefficient (Wildman–Crippen LogP) is 4.07. The fourth-order valence-electron chi connectivity index (χ4n) is 3.49. The van der Waals surface area contributed by atoms with Gasteiger partial charge in [0.15, 0.2) is 5.78 Å². The molecule has 0 amide bonds. The first-order valence-electron chi connectivity index (χ1n) is 9.55. The number of ketones is 1. The van der Waals surface area contributed by atoms with Crippen LogP contribution < -0.4 is 9.62 Å². The normalized spacial score (nSPS) is 17.6. The fraction of sp³-hybridized carbons (Fsp3) is 0.381. The molecule has 0 spiro atoms. The summed E-state index contributed by atoms with van der Waals surface area (Å²) in [5.41, 5.74) is 2.25. The summed E-state index contributed by atoms with van der Waals surface area (Å²) < 4.78 is 27.8. The fourth-order valence-corrected chi connectivity index (χ4v) is 4.54. The molecule has 0 bridgehead atoms. The van der Waals surface area contributed by atoms with Gasteiger partial charge in [0.2, 0.25) is 0 Å². The van der Waals surface area contributed by atoms with Gasteiger partial charge in [-0.05, 0) is 68.5 Å². The highest BCUT2D eigenvalue weighted by Crippen LogP contribution is 2.32. The molecule has 2 aromatic rings. The molecule has 0 radical (unpaired) electrons. The summed E-state index contributed by atoms with van der Waals surface area (Å²) in [7, 11) is -3.67. The standard InChI is InChI=1S/C21H24N2O3S/c24-21(16-4-5-16)17-6-12-20(13-7-17)27(25,26)22-18-8-10-19(11-9-18)23-14-2-1-3-15-23/h6-13,16,22H,1-5,14-15H2. The zero-order valence-electron chi connectivity index (χ0n) is 15.2. The van der Waals surface area contributed by atoms with E-state index in [0.717, 1.165) is 31.6 Å². The molecule has 1 saturated carbocycles. The molecule has 0 aromatic heterocycles. The van der Waals surface area contributed by atoms with Gasteiger partial charge in [-0.1, -0.05) is 12.1 Å². The molecule has 1 saturated heterocycles. The van der Waals surface area contributed by atoms with E-state index in [1.807, 2.05) is 12.1 Å². The van der Waals surface area contributed by atoms with Crippen molar-refractivity contribution in [1.82, 2.24) is 0 Å². The van der Waals surface area contributed by atoms with Crippen molar-refractivity contribution in [2.24, 2.45) is 5.92 Å². The number of hydrogen-bond acceptors (Lipinski definition) is 4. The minimum atomic E-state index is -3.67. The molecule has 5 nitrogen and oxygen atoms in total. The zero-order chi connectivity index (χ0) is 18.9. The Morgan fingerprint density at radius 2 is 1.52 bits per heavy atom. The average molecular weight is 385 g/mol. The van der Waals surface area contributed by atoms with Gasteiger partial charge in [-0.15, -0.1) is 0 Å². The molecule has 6 heteroatoms. The van der Waals surface area contributed by atoms with Crippen molar-refractivity contribution in [3.63, 3.8) is 0 Å². The molecule has 27 heavy (non-hydrogen) atoms. The summed E-state index contributed by atoms with van der Waals surface area (Å²) in [5.74, 6) is 0.240. The second-order valence-corrected chi connectivity index (χ2v) is 9.05. The monoisotopic (exact) mass is 384 g/mol. The van der Waals surface area contributed by atoms with E-state index in [2.05, 4.69) is 9.62 Å². The van der Waals surface area contributed by atoms with Gasteiger partial charge in [0.05, 0.1) is 4.90 Å². The van der Waals surface area contributed by atoms with Crippen molar-refractivity contribution in [1.29, 1.82) is 0 Å². The number of sulfonamides is 1. The van der Waals surface area contributed by atoms with E-state index in [4.69, 9.17) is 0 Å². The Labute approximate surface area is 160 Å². The summed E-state index contributed by atoms with van der Waals surface area (Å²) in [4.78, 5) is 14.5. The van der Waals surface area contributed by atoms with E-state index in [9.17, 15) is 13.2 Å². The number of carbonyl (C=O) groups is 1. The molecular formula is C21H24N2O3S. The van der Waals surface area contributed by atoms with Crippen LogP contribution in [0.1, 0.15) is 42.5 Å². The van der Waals surface area contributed by atoms with Crippen LogP contribution in [-0.2, 0) is 10.0 Å². The second kappa shape index (κ2) is 7.35. The first-order chi connectivity index (χ1) is 13.0. The first-order valence-corrected chi connectivity index (χ1v) is 11.0. The van der Waals surface area contributed by atoms with Crippen LogP contribution in [0.5, 0.6) is 0 Å². The lowest BCUT2D eigenvalue weighted by molar-refractivity contribution is 0.0967. The summed E-state index contributed by atoms with van der Waals surface area (Å²) >= 11 is 0. The van der Waals surface area contributed by atoms with Gasteiger partial charge in [0.25, 0.3) is 10.0 Å². The Hall–Kier alpha value is -2.34. The molecule has 0 unspecified atom stereocenters. The van der Waals surface area contributed by atoms with Crippen LogP contribution in [0.15, 0.2) is 53.4 Å². The first kappa shape index (κ1) is 18.0. The van der Waals surface area contributed by atoms with E-state index in [-0.39, 0.29) is 16.6 Å². The number of hydrogen-bond donors (Lipinski definition) is 1. The van der Waals surface area contributed by atoms with E-state index in [1.165, 1.54) is 31.4 Å². The van der Waals surface area contributed by atoms with Gasteiger partial charge in [-0.25, -0.2) is 8.42 Å². The number of piperidine rings is 1. The van der Waals surface area contributed by atoms with Crippen molar-refractivity contribution in [2.45, 2.75) is 37.0 Å². The molecule has 1 N–H and O–H groups in total. The van der Waals surface area contributed by atoms with Crippen molar-refractivity contribution in [3.05, 3.63) is 54.1 Å². The van der Waals surface area contributed by atoms with Crippen molar-refractivity contribution >= 4 is 27.2 Å². The molecule has 2 aliphatic rings. The minimum Gasteiger partial charge on any atom is -0.372 e. The van der Waals surface area contributed by atoms with Crippen LogP contribution in [0.25, 0.3) is 0 Å². The van der Waals surface area contributed by atoms with Gasteiger partial charge in [0, 0.05) is 35.9 Å². The molecule has 2 fully saturated rings. The van der Waals surface area contributed by atoms with Crippen LogP contribution in [0.2, 0.25) is 0 Å². The highest BCUT2D eigenvalue weighted by atomic mass is 32.2. The SMILES string of the molecule is O=C(c1ccc(S(=O)(=O)Nc2ccc(N3CCCCC3)cc2)cc1)C1CC1. The highest BCUT2D eigenvalue weighted by molar-refractivity contribution is 7.92. The molecular weight excluding hydrogens is 360 g/mol. The Morgan fingerprint density at radius 1 is 0.889 bits per heavy atom. The Kier molecular flexibility index (Phi) is 4.91. The van der Waals surface area contributed by atoms with E-state index in [1.54, 1.807) is 24.3 Å². The molecule has 4 rings (SSSR count). The maximum Gasteiger partial charge on any atom is 0.261 e. The van der Waals surface area contributed by atoms with E-state index < -0.39 is 10.0 Å². The van der Waals surface area contributed by atoms with E-state index in [0.29, 0.717) is 11.3 Å². The number of nitrogens with zero attached hydrogens (tertiary/aromatic N) is 1. The third kappa shape index (κ3) is 4.16. The highest BCUT2D eigenvalue weighted by Gasteiger charge is 2.30. The summed E-state index contributed by atoms with van der Waals surface area (Å²) in [6.07, 6.45) is 5.56. The number of benzene rings is 2. The van der Waals surface area contributed by atoms with Gasteiger partial charge in [-0.3, -0.25) is 9.52 Å². The zero-order valence-corrected chi connectivity index (χ0v) is 16.0. The Balaban J connectivity index is 1.45. The number of nitrogens with one attached hydrogen (secondary N) is 1. The van der Waals surface area contributed by atoms with Crippen molar-refractivity contribution in [2.75, 3.05) is 22.7 Å². The summed E-state index contributed by atoms with van der Waals surface area (Å²) in [6, 6.07) is 13.7. The minimum absolute atomic E-state index is 0.111. The summed E-state index contributed by atoms with van der Waals surface area (Å²) in [5, 5.41) is 0. The third-order valence-corrected chi connectivity index (χ3v) is 6.64. The van der Waals surface area contributed by atoms with Crippen molar-refractivity contribution in [3.8, 4) is 0 Å². The van der Waals surface area contributed by atoms with Gasteiger partial charge < -0.3 is 4.90 Å². The average Bonchev–Trinajstić information content (AvgIpc) is 3.54. The molecule has 1 aliphatic carbocycles. The largest absolute Gasteiger partial charge is 0.372 e. The second-order valence-electron chi connectivity index (χ2n) is 7.36. The Morgan fingerprint density at radius 3 is 2.11 bits per heavy atom. The van der Waals surface area contributed by atoms with Crippen LogP contribution in [-0.4, -0.2) is 27.3 Å². The smallest absolute Gasteiger partial charge is 0.261 e. The van der Waals surface area contributed by atoms with Crippen LogP contribution >= 0.6 is 0 Å². The van der Waals surface area contributed by atoms with Crippen LogP contribution in [0, 0.1) is 5.92 Å². The van der Waals surface area contributed by atoms with Gasteiger partial charge in [-0.2, -0.15) is 0 Å². The number of anilines is 2. The quantitative estimate of drug-likeness (QED) is 0.763. The molecule has 1 aliphatic heterocycles. The molecule has 142 valence electrons. The predicted molar refractivity (Wildman–Crippen MR) is 107 cm³/mol. The lowest BCUT2D eigenvalue weighted by Gasteiger charge is -2.28. The topological polar surface area (TPSA) is 66.5 Å². The van der Waals surface area contributed by atoms with E-state index >= 15 is 0 Å². The number of rotatable bonds is 6. The third-order valence-electron chi connectivity index (χ3n) is 5.24. The van der Waals surface area contributed by atoms with Crippen molar-refractivity contribution < 1.29 is 13.2 Å². The maximum absolute atomic E-state index is 12.6. The number of Topliss-reactive ketones (excluding diaryl/α,β-unsaturated/α-hetero) is 1. The lowest BCUT2D eigenvalue weighted by atomic mass is 10.1. The van der Waals surface area contributed by atoms with Gasteiger partial charge >= 0.3 is 0 Å². The molecule has 2 aromatic carbocycles. The lowest BCUT2D eigenvalue weighted by Crippen LogP contribution is -2.29. The molecule has 1 heterocycles.